The third kappa shape index (κ3) is 3.47. The molecule has 2 aliphatic rings. The highest BCUT2D eigenvalue weighted by atomic mass is 19.1. The molecule has 3 amide bonds. The van der Waals surface area contributed by atoms with Crippen LogP contribution >= 0.6 is 0 Å². The zero-order valence-corrected chi connectivity index (χ0v) is 17.4. The van der Waals surface area contributed by atoms with Crippen LogP contribution in [0.15, 0.2) is 66.7 Å². The number of nitrogens with zero attached hydrogens (tertiary/aromatic N) is 2. The molecule has 0 radical (unpaired) electrons. The fraction of sp³-hybridized carbons (Fsp3) is 0.192. The van der Waals surface area contributed by atoms with E-state index in [1.54, 1.807) is 23.1 Å². The van der Waals surface area contributed by atoms with Crippen molar-refractivity contribution >= 4 is 23.4 Å². The average molecular weight is 428 g/mol. The maximum absolute atomic E-state index is 13.8. The molecule has 0 atom stereocenters. The fourth-order valence-electron chi connectivity index (χ4n) is 4.43. The largest absolute Gasteiger partial charge is 0.308 e. The van der Waals surface area contributed by atoms with Gasteiger partial charge in [-0.2, -0.15) is 0 Å². The molecule has 0 N–H and O–H groups in total. The van der Waals surface area contributed by atoms with Crippen LogP contribution < -0.4 is 4.90 Å². The Hall–Kier alpha value is -3.80. The van der Waals surface area contributed by atoms with Crippen LogP contribution in [-0.4, -0.2) is 35.7 Å². The van der Waals surface area contributed by atoms with E-state index in [2.05, 4.69) is 0 Å². The Balaban J connectivity index is 1.39. The molecule has 0 saturated heterocycles. The molecule has 0 unspecified atom stereocenters. The van der Waals surface area contributed by atoms with Gasteiger partial charge >= 0.3 is 0 Å². The van der Waals surface area contributed by atoms with Gasteiger partial charge in [-0.15, -0.1) is 0 Å². The first-order valence-corrected chi connectivity index (χ1v) is 10.7. The van der Waals surface area contributed by atoms with Crippen molar-refractivity contribution in [2.45, 2.75) is 19.3 Å². The molecule has 0 saturated carbocycles. The van der Waals surface area contributed by atoms with Crippen LogP contribution in [0, 0.1) is 5.82 Å². The molecule has 6 heteroatoms. The lowest BCUT2D eigenvalue weighted by Crippen LogP contribution is -2.35. The number of carbonyl (C=O) groups is 3. The zero-order valence-electron chi connectivity index (χ0n) is 17.4. The molecule has 5 rings (SSSR count). The molecule has 0 fully saturated rings. The summed E-state index contributed by atoms with van der Waals surface area (Å²) in [6.07, 6.45) is 2.13. The number of fused-ring (bicyclic) bond motifs is 2. The van der Waals surface area contributed by atoms with Crippen LogP contribution in [0.1, 0.15) is 48.6 Å². The van der Waals surface area contributed by atoms with Crippen molar-refractivity contribution in [3.8, 4) is 0 Å². The Bertz CT molecular complexity index is 1240. The summed E-state index contributed by atoms with van der Waals surface area (Å²) in [6.45, 7) is 0.751. The smallest absolute Gasteiger partial charge is 0.261 e. The van der Waals surface area contributed by atoms with Crippen LogP contribution in [0.25, 0.3) is 0 Å². The highest BCUT2D eigenvalue weighted by Gasteiger charge is 2.36. The normalized spacial score (nSPS) is 15.0. The van der Waals surface area contributed by atoms with Crippen molar-refractivity contribution in [3.63, 3.8) is 0 Å². The van der Waals surface area contributed by atoms with E-state index < -0.39 is 5.82 Å². The molecule has 0 aromatic heterocycles. The van der Waals surface area contributed by atoms with Crippen molar-refractivity contribution in [1.82, 2.24) is 4.90 Å². The number of hydrogen-bond donors (Lipinski definition) is 0. The molecule has 160 valence electrons. The first kappa shape index (κ1) is 20.1. The third-order valence-corrected chi connectivity index (χ3v) is 6.10. The van der Waals surface area contributed by atoms with Gasteiger partial charge in [0.05, 0.1) is 16.8 Å². The van der Waals surface area contributed by atoms with Crippen molar-refractivity contribution in [1.29, 1.82) is 0 Å². The van der Waals surface area contributed by atoms with Gasteiger partial charge in [0.15, 0.2) is 0 Å². The van der Waals surface area contributed by atoms with Gasteiger partial charge in [-0.1, -0.05) is 36.4 Å². The van der Waals surface area contributed by atoms with Gasteiger partial charge in [0.1, 0.15) is 5.82 Å². The molecule has 5 nitrogen and oxygen atoms in total. The lowest BCUT2D eigenvalue weighted by molar-refractivity contribution is 0.0656. The second-order valence-corrected chi connectivity index (χ2v) is 8.09. The number of benzene rings is 3. The van der Waals surface area contributed by atoms with Crippen molar-refractivity contribution < 1.29 is 18.8 Å². The first-order valence-electron chi connectivity index (χ1n) is 10.7. The number of anilines is 1. The van der Waals surface area contributed by atoms with E-state index in [0.29, 0.717) is 29.8 Å². The molecule has 3 aromatic carbocycles. The number of hydrogen-bond acceptors (Lipinski definition) is 3. The van der Waals surface area contributed by atoms with E-state index in [0.717, 1.165) is 24.0 Å². The number of rotatable bonds is 4. The summed E-state index contributed by atoms with van der Waals surface area (Å²) in [6, 6.07) is 18.7. The molecule has 0 spiro atoms. The Morgan fingerprint density at radius 1 is 0.906 bits per heavy atom. The maximum atomic E-state index is 13.8. The highest BCUT2D eigenvalue weighted by Crippen LogP contribution is 2.31. The molecular weight excluding hydrogens is 407 g/mol. The molecular formula is C26H21FN2O3. The Kier molecular flexibility index (Phi) is 5.05. The predicted octanol–water partition coefficient (Wildman–Crippen LogP) is 4.26. The molecule has 2 aliphatic heterocycles. The lowest BCUT2D eigenvalue weighted by atomic mass is 9.99. The van der Waals surface area contributed by atoms with E-state index in [1.807, 2.05) is 30.3 Å². The predicted molar refractivity (Wildman–Crippen MR) is 118 cm³/mol. The summed E-state index contributed by atoms with van der Waals surface area (Å²) in [5, 5.41) is 0. The monoisotopic (exact) mass is 428 g/mol. The summed E-state index contributed by atoms with van der Waals surface area (Å²) in [7, 11) is 0. The van der Waals surface area contributed by atoms with Crippen LogP contribution in [0.3, 0.4) is 0 Å². The minimum absolute atomic E-state index is 0.241. The van der Waals surface area contributed by atoms with Crippen LogP contribution in [-0.2, 0) is 12.8 Å². The first-order chi connectivity index (χ1) is 15.5. The summed E-state index contributed by atoms with van der Waals surface area (Å²) in [5.74, 6) is -1.43. The molecule has 2 heterocycles. The fourth-order valence-corrected chi connectivity index (χ4v) is 4.43. The molecule has 0 bridgehead atoms. The maximum Gasteiger partial charge on any atom is 0.261 e. The summed E-state index contributed by atoms with van der Waals surface area (Å²) in [5.41, 5.74) is 3.39. The lowest BCUT2D eigenvalue weighted by Gasteiger charge is -2.29. The minimum atomic E-state index is -0.396. The summed E-state index contributed by atoms with van der Waals surface area (Å²) in [4.78, 5) is 41.8. The number of imide groups is 1. The van der Waals surface area contributed by atoms with Crippen molar-refractivity contribution in [2.75, 3.05) is 18.0 Å². The molecule has 3 aromatic rings. The second kappa shape index (κ2) is 8.04. The van der Waals surface area contributed by atoms with Gasteiger partial charge in [-0.05, 0) is 60.7 Å². The van der Waals surface area contributed by atoms with E-state index >= 15 is 0 Å². The topological polar surface area (TPSA) is 57.7 Å². The standard InChI is InChI=1S/C26H21FN2O3/c27-20-10-8-18-7-4-13-28(23(18)16-20)24(30)19-9-11-21-22(15-19)26(32)29(25(21)31)14-12-17-5-2-1-3-6-17/h1-3,5-6,8-11,15-16H,4,7,12-14H2. The van der Waals surface area contributed by atoms with Gasteiger partial charge < -0.3 is 4.90 Å². The summed E-state index contributed by atoms with van der Waals surface area (Å²) < 4.78 is 13.8. The second-order valence-electron chi connectivity index (χ2n) is 8.09. The Morgan fingerprint density at radius 3 is 2.50 bits per heavy atom. The van der Waals surface area contributed by atoms with Gasteiger partial charge in [0.25, 0.3) is 17.7 Å². The van der Waals surface area contributed by atoms with Crippen LogP contribution in [0.2, 0.25) is 0 Å². The van der Waals surface area contributed by atoms with Crippen molar-refractivity contribution in [3.05, 3.63) is 100 Å². The van der Waals surface area contributed by atoms with Gasteiger partial charge in [0, 0.05) is 18.7 Å². The van der Waals surface area contributed by atoms with E-state index in [-0.39, 0.29) is 29.8 Å². The summed E-state index contributed by atoms with van der Waals surface area (Å²) >= 11 is 0. The quantitative estimate of drug-likeness (QED) is 0.584. The third-order valence-electron chi connectivity index (χ3n) is 6.10. The Labute approximate surface area is 185 Å². The van der Waals surface area contributed by atoms with E-state index in [4.69, 9.17) is 0 Å². The number of halogens is 1. The van der Waals surface area contributed by atoms with Crippen LogP contribution in [0.4, 0.5) is 10.1 Å². The average Bonchev–Trinajstić information content (AvgIpc) is 3.06. The van der Waals surface area contributed by atoms with Gasteiger partial charge in [-0.3, -0.25) is 19.3 Å². The van der Waals surface area contributed by atoms with Gasteiger partial charge in [-0.25, -0.2) is 4.39 Å². The van der Waals surface area contributed by atoms with Crippen LogP contribution in [0.5, 0.6) is 0 Å². The molecule has 32 heavy (non-hydrogen) atoms. The SMILES string of the molecule is O=C1c2ccc(C(=O)N3CCCc4ccc(F)cc43)cc2C(=O)N1CCc1ccccc1. The number of amides is 3. The number of carbonyl (C=O) groups excluding carboxylic acids is 3. The van der Waals surface area contributed by atoms with Gasteiger partial charge in [0.2, 0.25) is 0 Å². The van der Waals surface area contributed by atoms with E-state index in [9.17, 15) is 18.8 Å². The molecule has 0 aliphatic carbocycles. The zero-order chi connectivity index (χ0) is 22.2. The highest BCUT2D eigenvalue weighted by molar-refractivity contribution is 6.22. The van der Waals surface area contributed by atoms with E-state index in [1.165, 1.54) is 23.1 Å². The minimum Gasteiger partial charge on any atom is -0.308 e. The van der Waals surface area contributed by atoms with Crippen molar-refractivity contribution in [2.24, 2.45) is 0 Å². The Morgan fingerprint density at radius 2 is 1.69 bits per heavy atom. The number of aryl methyl sites for hydroxylation is 1.